The van der Waals surface area contributed by atoms with Crippen molar-refractivity contribution in [1.82, 2.24) is 0 Å². The molecule has 3 aromatic rings. The number of aliphatic hydroxyl groups is 1. The zero-order valence-corrected chi connectivity index (χ0v) is 16.5. The molecule has 150 valence electrons. The number of aromatic carboxylic acids is 1. The molecule has 0 atom stereocenters. The van der Waals surface area contributed by atoms with Gasteiger partial charge in [0.1, 0.15) is 18.1 Å². The van der Waals surface area contributed by atoms with Gasteiger partial charge in [-0.25, -0.2) is 4.79 Å². The van der Waals surface area contributed by atoms with Crippen molar-refractivity contribution in [1.29, 1.82) is 0 Å². The maximum absolute atomic E-state index is 11.4. The summed E-state index contributed by atoms with van der Waals surface area (Å²) in [5.41, 5.74) is 4.43. The zero-order valence-electron chi connectivity index (χ0n) is 16.5. The Bertz CT molecular complexity index is 996. The number of hydrogen-bond acceptors (Lipinski definition) is 4. The second-order valence-corrected chi connectivity index (χ2v) is 6.69. The molecule has 5 nitrogen and oxygen atoms in total. The Morgan fingerprint density at radius 1 is 1.00 bits per heavy atom. The van der Waals surface area contributed by atoms with Crippen LogP contribution in [0.25, 0.3) is 11.1 Å². The summed E-state index contributed by atoms with van der Waals surface area (Å²) < 4.78 is 11.6. The number of carboxylic acid groups (broad SMARTS) is 1. The first-order chi connectivity index (χ1) is 14.0. The molecular weight excluding hydrogens is 368 g/mol. The van der Waals surface area contributed by atoms with Gasteiger partial charge in [-0.1, -0.05) is 36.4 Å². The van der Waals surface area contributed by atoms with Crippen LogP contribution >= 0.6 is 0 Å². The molecule has 0 saturated carbocycles. The molecule has 0 heterocycles. The quantitative estimate of drug-likeness (QED) is 0.591. The topological polar surface area (TPSA) is 76.0 Å². The van der Waals surface area contributed by atoms with Crippen LogP contribution in [0.4, 0.5) is 0 Å². The summed E-state index contributed by atoms with van der Waals surface area (Å²) in [5.74, 6) is 0.324. The molecule has 0 spiro atoms. The first kappa shape index (κ1) is 20.4. The molecule has 0 aliphatic heterocycles. The van der Waals surface area contributed by atoms with E-state index in [1.807, 2.05) is 49.4 Å². The first-order valence-corrected chi connectivity index (χ1v) is 9.37. The molecular formula is C24H24O5. The third kappa shape index (κ3) is 4.58. The highest BCUT2D eigenvalue weighted by Gasteiger charge is 2.17. The fourth-order valence-electron chi connectivity index (χ4n) is 3.34. The summed E-state index contributed by atoms with van der Waals surface area (Å²) in [7, 11) is 1.58. The highest BCUT2D eigenvalue weighted by molar-refractivity contribution is 5.90. The van der Waals surface area contributed by atoms with Crippen molar-refractivity contribution >= 4 is 5.97 Å². The molecule has 5 heteroatoms. The highest BCUT2D eigenvalue weighted by atomic mass is 16.5. The highest BCUT2D eigenvalue weighted by Crippen LogP contribution is 2.40. The van der Waals surface area contributed by atoms with Crippen molar-refractivity contribution in [3.05, 3.63) is 82.9 Å². The molecule has 0 radical (unpaired) electrons. The predicted molar refractivity (Wildman–Crippen MR) is 112 cm³/mol. The van der Waals surface area contributed by atoms with E-state index in [0.717, 1.165) is 27.8 Å². The smallest absolute Gasteiger partial charge is 0.335 e. The molecule has 0 fully saturated rings. The summed E-state index contributed by atoms with van der Waals surface area (Å²) in [6.45, 7) is 2.32. The Morgan fingerprint density at radius 2 is 1.76 bits per heavy atom. The number of benzene rings is 3. The number of rotatable bonds is 8. The van der Waals surface area contributed by atoms with Crippen molar-refractivity contribution in [2.75, 3.05) is 13.7 Å². The van der Waals surface area contributed by atoms with E-state index in [1.165, 1.54) is 0 Å². The molecule has 0 aliphatic carbocycles. The molecule has 0 amide bonds. The molecule has 0 aliphatic rings. The number of methoxy groups -OCH3 is 1. The van der Waals surface area contributed by atoms with Gasteiger partial charge in [0, 0.05) is 17.7 Å². The lowest BCUT2D eigenvalue weighted by atomic mass is 9.93. The minimum absolute atomic E-state index is 0.0288. The van der Waals surface area contributed by atoms with E-state index >= 15 is 0 Å². The second kappa shape index (κ2) is 9.26. The van der Waals surface area contributed by atoms with E-state index in [1.54, 1.807) is 25.3 Å². The molecule has 29 heavy (non-hydrogen) atoms. The van der Waals surface area contributed by atoms with Gasteiger partial charge >= 0.3 is 5.97 Å². The van der Waals surface area contributed by atoms with Crippen LogP contribution in [0.5, 0.6) is 11.5 Å². The first-order valence-electron chi connectivity index (χ1n) is 9.37. The third-order valence-electron chi connectivity index (χ3n) is 4.83. The van der Waals surface area contributed by atoms with Crippen molar-refractivity contribution in [3.8, 4) is 22.6 Å². The molecule has 0 bridgehead atoms. The molecule has 0 saturated heterocycles. The van der Waals surface area contributed by atoms with Crippen molar-refractivity contribution in [2.45, 2.75) is 20.0 Å². The van der Waals surface area contributed by atoms with Gasteiger partial charge in [0.05, 0.1) is 12.7 Å². The van der Waals surface area contributed by atoms with Gasteiger partial charge < -0.3 is 19.7 Å². The van der Waals surface area contributed by atoms with Gasteiger partial charge in [0.15, 0.2) is 0 Å². The Kier molecular flexibility index (Phi) is 6.52. The SMILES string of the molecule is COc1c(-c2cc(C(=O)O)ccc2CCO)ccc(OCc2ccccc2)c1C. The molecule has 0 unspecified atom stereocenters. The summed E-state index contributed by atoms with van der Waals surface area (Å²) in [6.07, 6.45) is 0.420. The maximum Gasteiger partial charge on any atom is 0.335 e. The lowest BCUT2D eigenvalue weighted by molar-refractivity contribution is 0.0697. The number of ether oxygens (including phenoxy) is 2. The van der Waals surface area contributed by atoms with Gasteiger partial charge in [0.25, 0.3) is 0 Å². The summed E-state index contributed by atoms with van der Waals surface area (Å²) >= 11 is 0. The van der Waals surface area contributed by atoms with Crippen LogP contribution in [0, 0.1) is 6.92 Å². The van der Waals surface area contributed by atoms with Crippen LogP contribution < -0.4 is 9.47 Å². The van der Waals surface area contributed by atoms with E-state index in [0.29, 0.717) is 24.5 Å². The summed E-state index contributed by atoms with van der Waals surface area (Å²) in [6, 6.07) is 18.5. The average Bonchev–Trinajstić information content (AvgIpc) is 2.74. The van der Waals surface area contributed by atoms with E-state index < -0.39 is 5.97 Å². The lowest BCUT2D eigenvalue weighted by Crippen LogP contribution is -2.03. The normalized spacial score (nSPS) is 10.6. The van der Waals surface area contributed by atoms with Crippen molar-refractivity contribution in [3.63, 3.8) is 0 Å². The average molecular weight is 392 g/mol. The number of carboxylic acids is 1. The van der Waals surface area contributed by atoms with E-state index in [9.17, 15) is 15.0 Å². The van der Waals surface area contributed by atoms with Gasteiger partial charge in [-0.2, -0.15) is 0 Å². The standard InChI is InChI=1S/C24H24O5/c1-16-22(29-15-17-6-4-3-5-7-17)11-10-20(23(16)28-2)21-14-19(24(26)27)9-8-18(21)12-13-25/h3-11,14,25H,12-13,15H2,1-2H3,(H,26,27). The Balaban J connectivity index is 2.01. The number of hydrogen-bond donors (Lipinski definition) is 2. The number of aliphatic hydroxyl groups excluding tert-OH is 1. The van der Waals surface area contributed by atoms with Gasteiger partial charge in [-0.15, -0.1) is 0 Å². The summed E-state index contributed by atoms with van der Waals surface area (Å²) in [5, 5.41) is 18.8. The molecule has 2 N–H and O–H groups in total. The van der Waals surface area contributed by atoms with E-state index in [4.69, 9.17) is 9.47 Å². The zero-order chi connectivity index (χ0) is 20.8. The Morgan fingerprint density at radius 3 is 2.41 bits per heavy atom. The molecule has 0 aromatic heterocycles. The number of carbonyl (C=O) groups is 1. The van der Waals surface area contributed by atoms with Crippen LogP contribution in [-0.2, 0) is 13.0 Å². The third-order valence-corrected chi connectivity index (χ3v) is 4.83. The van der Waals surface area contributed by atoms with Gasteiger partial charge in [-0.3, -0.25) is 0 Å². The lowest BCUT2D eigenvalue weighted by Gasteiger charge is -2.18. The van der Waals surface area contributed by atoms with Gasteiger partial charge in [-0.05, 0) is 54.3 Å². The Labute approximate surface area is 170 Å². The van der Waals surface area contributed by atoms with Crippen LogP contribution in [0.1, 0.15) is 27.0 Å². The van der Waals surface area contributed by atoms with E-state index in [-0.39, 0.29) is 12.2 Å². The molecule has 3 aromatic carbocycles. The largest absolute Gasteiger partial charge is 0.496 e. The van der Waals surface area contributed by atoms with Crippen LogP contribution in [-0.4, -0.2) is 29.9 Å². The second-order valence-electron chi connectivity index (χ2n) is 6.69. The van der Waals surface area contributed by atoms with E-state index in [2.05, 4.69) is 0 Å². The van der Waals surface area contributed by atoms with Gasteiger partial charge in [0.2, 0.25) is 0 Å². The molecule has 3 rings (SSSR count). The van der Waals surface area contributed by atoms with Crippen molar-refractivity contribution in [2.24, 2.45) is 0 Å². The fourth-order valence-corrected chi connectivity index (χ4v) is 3.34. The predicted octanol–water partition coefficient (Wildman–Crippen LogP) is 4.48. The minimum atomic E-state index is -1.000. The Hall–Kier alpha value is -3.31. The minimum Gasteiger partial charge on any atom is -0.496 e. The van der Waals surface area contributed by atoms with Crippen LogP contribution in [0.15, 0.2) is 60.7 Å². The summed E-state index contributed by atoms with van der Waals surface area (Å²) in [4.78, 5) is 11.4. The maximum atomic E-state index is 11.4. The van der Waals surface area contributed by atoms with Crippen LogP contribution in [0.2, 0.25) is 0 Å². The fraction of sp³-hybridized carbons (Fsp3) is 0.208. The van der Waals surface area contributed by atoms with Crippen molar-refractivity contribution < 1.29 is 24.5 Å². The monoisotopic (exact) mass is 392 g/mol. The van der Waals surface area contributed by atoms with Crippen LogP contribution in [0.3, 0.4) is 0 Å².